The zero-order chi connectivity index (χ0) is 10.7. The molecule has 1 saturated carbocycles. The number of benzene rings is 1. The molecule has 1 aliphatic carbocycles. The Hall–Kier alpha value is -0.180. The predicted molar refractivity (Wildman–Crippen MR) is 67.5 cm³/mol. The largest absolute Gasteiger partial charge is 0.327 e. The summed E-state index contributed by atoms with van der Waals surface area (Å²) >= 11 is 7.75. The highest BCUT2D eigenvalue weighted by Gasteiger charge is 2.22. The minimum absolute atomic E-state index is 0.361. The zero-order valence-electron chi connectivity index (χ0n) is 8.66. The van der Waals surface area contributed by atoms with E-state index in [1.54, 1.807) is 0 Å². The average Bonchev–Trinajstić information content (AvgIpc) is 2.25. The Labute approximate surface area is 100 Å². The van der Waals surface area contributed by atoms with Gasteiger partial charge in [-0.3, -0.25) is 0 Å². The van der Waals surface area contributed by atoms with Gasteiger partial charge in [0.15, 0.2) is 0 Å². The fourth-order valence-electron chi connectivity index (χ4n) is 1.96. The minimum Gasteiger partial charge on any atom is -0.327 e. The molecule has 0 heterocycles. The van der Waals surface area contributed by atoms with Crippen LogP contribution in [-0.4, -0.2) is 11.3 Å². The average molecular weight is 242 g/mol. The Morgan fingerprint density at radius 1 is 1.13 bits per heavy atom. The molecule has 15 heavy (non-hydrogen) atoms. The fraction of sp³-hybridized carbons (Fsp3) is 0.500. The lowest BCUT2D eigenvalue weighted by atomic mass is 9.96. The highest BCUT2D eigenvalue weighted by atomic mass is 35.5. The molecule has 2 rings (SSSR count). The number of halogens is 1. The molecule has 3 heteroatoms. The van der Waals surface area contributed by atoms with E-state index in [-0.39, 0.29) is 0 Å². The van der Waals surface area contributed by atoms with Crippen LogP contribution in [0.15, 0.2) is 29.2 Å². The van der Waals surface area contributed by atoms with Crippen molar-refractivity contribution in [3.8, 4) is 0 Å². The van der Waals surface area contributed by atoms with Crippen molar-refractivity contribution in [3.63, 3.8) is 0 Å². The highest BCUT2D eigenvalue weighted by Crippen LogP contribution is 2.33. The molecule has 0 amide bonds. The van der Waals surface area contributed by atoms with E-state index in [0.29, 0.717) is 11.3 Å². The van der Waals surface area contributed by atoms with Crippen LogP contribution in [0.1, 0.15) is 25.7 Å². The predicted octanol–water partition coefficient (Wildman–Crippen LogP) is 3.70. The van der Waals surface area contributed by atoms with Gasteiger partial charge in [0.25, 0.3) is 0 Å². The van der Waals surface area contributed by atoms with Gasteiger partial charge in [-0.25, -0.2) is 0 Å². The van der Waals surface area contributed by atoms with E-state index < -0.39 is 0 Å². The zero-order valence-corrected chi connectivity index (χ0v) is 10.2. The summed E-state index contributed by atoms with van der Waals surface area (Å²) in [6.45, 7) is 0. The number of hydrogen-bond donors (Lipinski definition) is 1. The first-order valence-electron chi connectivity index (χ1n) is 5.43. The quantitative estimate of drug-likeness (QED) is 0.855. The van der Waals surface area contributed by atoms with E-state index in [1.165, 1.54) is 30.6 Å². The SMILES string of the molecule is NC1CCCCC1Sc1ccc(Cl)cc1. The molecule has 82 valence electrons. The van der Waals surface area contributed by atoms with Gasteiger partial charge in [0, 0.05) is 21.2 Å². The Bertz CT molecular complexity index is 312. The number of nitrogens with two attached hydrogens (primary N) is 1. The van der Waals surface area contributed by atoms with E-state index in [1.807, 2.05) is 23.9 Å². The number of rotatable bonds is 2. The van der Waals surface area contributed by atoms with Gasteiger partial charge in [-0.15, -0.1) is 11.8 Å². The van der Waals surface area contributed by atoms with Crippen LogP contribution in [0.5, 0.6) is 0 Å². The molecule has 2 atom stereocenters. The standard InChI is InChI=1S/C12H16ClNS/c13-9-5-7-10(8-6-9)15-12-4-2-1-3-11(12)14/h5-8,11-12H,1-4,14H2. The lowest BCUT2D eigenvalue weighted by molar-refractivity contribution is 0.453. The molecule has 0 aromatic heterocycles. The van der Waals surface area contributed by atoms with Gasteiger partial charge in [0.2, 0.25) is 0 Å². The first-order valence-corrected chi connectivity index (χ1v) is 6.69. The topological polar surface area (TPSA) is 26.0 Å². The molecule has 2 N–H and O–H groups in total. The molecular formula is C12H16ClNS. The Morgan fingerprint density at radius 2 is 1.80 bits per heavy atom. The van der Waals surface area contributed by atoms with E-state index >= 15 is 0 Å². The van der Waals surface area contributed by atoms with Crippen LogP contribution in [0.25, 0.3) is 0 Å². The molecule has 1 aromatic carbocycles. The van der Waals surface area contributed by atoms with E-state index in [2.05, 4.69) is 12.1 Å². The van der Waals surface area contributed by atoms with Crippen LogP contribution in [-0.2, 0) is 0 Å². The second-order valence-corrected chi connectivity index (χ2v) is 5.81. The summed E-state index contributed by atoms with van der Waals surface area (Å²) in [7, 11) is 0. The first kappa shape index (κ1) is 11.3. The lowest BCUT2D eigenvalue weighted by Gasteiger charge is -2.27. The van der Waals surface area contributed by atoms with E-state index in [9.17, 15) is 0 Å². The smallest absolute Gasteiger partial charge is 0.0406 e. The van der Waals surface area contributed by atoms with Crippen molar-refractivity contribution in [1.29, 1.82) is 0 Å². The summed E-state index contributed by atoms with van der Waals surface area (Å²) in [5.74, 6) is 0. The van der Waals surface area contributed by atoms with Crippen molar-refractivity contribution in [2.75, 3.05) is 0 Å². The maximum atomic E-state index is 6.11. The second kappa shape index (κ2) is 5.24. The number of hydrogen-bond acceptors (Lipinski definition) is 2. The van der Waals surface area contributed by atoms with E-state index in [0.717, 1.165) is 5.02 Å². The fourth-order valence-corrected chi connectivity index (χ4v) is 3.32. The normalized spacial score (nSPS) is 26.5. The van der Waals surface area contributed by atoms with Crippen LogP contribution in [0, 0.1) is 0 Å². The molecule has 0 bridgehead atoms. The molecule has 2 unspecified atom stereocenters. The van der Waals surface area contributed by atoms with Gasteiger partial charge >= 0.3 is 0 Å². The summed E-state index contributed by atoms with van der Waals surface area (Å²) < 4.78 is 0. The van der Waals surface area contributed by atoms with Gasteiger partial charge < -0.3 is 5.73 Å². The Kier molecular flexibility index (Phi) is 3.95. The maximum absolute atomic E-state index is 6.11. The van der Waals surface area contributed by atoms with Crippen molar-refractivity contribution in [2.24, 2.45) is 5.73 Å². The molecule has 1 nitrogen and oxygen atoms in total. The molecule has 0 saturated heterocycles. The molecule has 0 aliphatic heterocycles. The monoisotopic (exact) mass is 241 g/mol. The molecule has 1 aliphatic rings. The Morgan fingerprint density at radius 3 is 2.47 bits per heavy atom. The van der Waals surface area contributed by atoms with Gasteiger partial charge in [-0.05, 0) is 37.1 Å². The Balaban J connectivity index is 1.98. The molecule has 0 radical (unpaired) electrons. The van der Waals surface area contributed by atoms with Crippen molar-refractivity contribution in [2.45, 2.75) is 41.9 Å². The second-order valence-electron chi connectivity index (χ2n) is 4.06. The lowest BCUT2D eigenvalue weighted by Crippen LogP contribution is -2.35. The molecule has 1 fully saturated rings. The van der Waals surface area contributed by atoms with Crippen molar-refractivity contribution >= 4 is 23.4 Å². The number of thioether (sulfide) groups is 1. The van der Waals surface area contributed by atoms with Crippen LogP contribution in [0.2, 0.25) is 5.02 Å². The summed E-state index contributed by atoms with van der Waals surface area (Å²) in [5.41, 5.74) is 6.11. The van der Waals surface area contributed by atoms with Gasteiger partial charge in [0.05, 0.1) is 0 Å². The van der Waals surface area contributed by atoms with Gasteiger partial charge in [0.1, 0.15) is 0 Å². The molecule has 1 aromatic rings. The van der Waals surface area contributed by atoms with Gasteiger partial charge in [-0.2, -0.15) is 0 Å². The molecule has 0 spiro atoms. The highest BCUT2D eigenvalue weighted by molar-refractivity contribution is 8.00. The van der Waals surface area contributed by atoms with Crippen LogP contribution in [0.3, 0.4) is 0 Å². The summed E-state index contributed by atoms with van der Waals surface area (Å²) in [6, 6.07) is 8.40. The van der Waals surface area contributed by atoms with E-state index in [4.69, 9.17) is 17.3 Å². The van der Waals surface area contributed by atoms with Crippen LogP contribution in [0.4, 0.5) is 0 Å². The van der Waals surface area contributed by atoms with Crippen molar-refractivity contribution < 1.29 is 0 Å². The first-order chi connectivity index (χ1) is 7.25. The summed E-state index contributed by atoms with van der Waals surface area (Å²) in [6.07, 6.45) is 5.03. The minimum atomic E-state index is 0.361. The van der Waals surface area contributed by atoms with Gasteiger partial charge in [-0.1, -0.05) is 24.4 Å². The van der Waals surface area contributed by atoms with Crippen molar-refractivity contribution in [1.82, 2.24) is 0 Å². The van der Waals surface area contributed by atoms with Crippen LogP contribution < -0.4 is 5.73 Å². The summed E-state index contributed by atoms with van der Waals surface area (Å²) in [4.78, 5) is 1.28. The maximum Gasteiger partial charge on any atom is 0.0406 e. The third kappa shape index (κ3) is 3.13. The summed E-state index contributed by atoms with van der Waals surface area (Å²) in [5, 5.41) is 1.38. The third-order valence-corrected chi connectivity index (χ3v) is 4.54. The van der Waals surface area contributed by atoms with Crippen LogP contribution >= 0.6 is 23.4 Å². The molecular weight excluding hydrogens is 226 g/mol. The van der Waals surface area contributed by atoms with Crippen molar-refractivity contribution in [3.05, 3.63) is 29.3 Å². The third-order valence-electron chi connectivity index (χ3n) is 2.85.